The van der Waals surface area contributed by atoms with E-state index in [1.807, 2.05) is 0 Å². The van der Waals surface area contributed by atoms with Gasteiger partial charge in [-0.1, -0.05) is 35.5 Å². The quantitative estimate of drug-likeness (QED) is 0.326. The van der Waals surface area contributed by atoms with Crippen molar-refractivity contribution in [3.05, 3.63) is 89.2 Å². The van der Waals surface area contributed by atoms with Crippen LogP contribution in [0.4, 0.5) is 5.69 Å². The molecule has 1 heterocycles. The van der Waals surface area contributed by atoms with Gasteiger partial charge in [-0.25, -0.2) is 13.2 Å². The number of carbonyl (C=O) groups excluding carboxylic acids is 1. The predicted molar refractivity (Wildman–Crippen MR) is 128 cm³/mol. The van der Waals surface area contributed by atoms with Gasteiger partial charge in [0.15, 0.2) is 13.3 Å². The third kappa shape index (κ3) is 5.30. The highest BCUT2D eigenvalue weighted by atomic mass is 32.2. The Morgan fingerprint density at radius 3 is 2.37 bits per heavy atom. The average molecular weight is 495 g/mol. The minimum absolute atomic E-state index is 0.195. The van der Waals surface area contributed by atoms with E-state index in [0.717, 1.165) is 4.68 Å². The lowest BCUT2D eigenvalue weighted by Gasteiger charge is -2.23. The first-order valence-electron chi connectivity index (χ1n) is 10.7. The summed E-state index contributed by atoms with van der Waals surface area (Å²) in [6, 6.07) is 21.2. The molecule has 4 aromatic rings. The van der Waals surface area contributed by atoms with Crippen LogP contribution >= 0.6 is 0 Å². The zero-order chi connectivity index (χ0) is 24.8. The van der Waals surface area contributed by atoms with E-state index >= 15 is 0 Å². The van der Waals surface area contributed by atoms with Gasteiger partial charge in [-0.2, -0.15) is 4.68 Å². The van der Waals surface area contributed by atoms with Crippen LogP contribution in [-0.2, 0) is 26.3 Å². The Kier molecular flexibility index (Phi) is 7.06. The summed E-state index contributed by atoms with van der Waals surface area (Å²) in [5, 5.41) is 8.04. The third-order valence-electron chi connectivity index (χ3n) is 5.08. The topological polar surface area (TPSA) is 121 Å². The summed E-state index contributed by atoms with van der Waals surface area (Å²) in [4.78, 5) is 24.7. The second kappa shape index (κ2) is 10.3. The van der Waals surface area contributed by atoms with E-state index < -0.39 is 34.9 Å². The summed E-state index contributed by atoms with van der Waals surface area (Å²) in [5.41, 5.74) is 0.483. The molecule has 0 saturated heterocycles. The summed E-state index contributed by atoms with van der Waals surface area (Å²) in [6.45, 7) is 1.17. The van der Waals surface area contributed by atoms with Gasteiger partial charge in [0.2, 0.25) is 0 Å². The highest BCUT2D eigenvalue weighted by Gasteiger charge is 2.23. The molecule has 0 spiro atoms. The molecule has 11 heteroatoms. The molecule has 0 atom stereocenters. The molecule has 0 fully saturated rings. The number of benzene rings is 3. The SMILES string of the molecule is CCN(c1ccc(OCC(=O)OCn2nnc3ccccc3c2=O)cc1)S(=O)(=O)c1ccccc1. The Morgan fingerprint density at radius 1 is 0.971 bits per heavy atom. The van der Waals surface area contributed by atoms with Crippen LogP contribution in [0.25, 0.3) is 10.9 Å². The molecule has 0 radical (unpaired) electrons. The predicted octanol–water partition coefficient (Wildman–Crippen LogP) is 2.59. The maximum Gasteiger partial charge on any atom is 0.345 e. The van der Waals surface area contributed by atoms with Crippen molar-refractivity contribution in [3.8, 4) is 5.75 Å². The Labute approximate surface area is 201 Å². The minimum Gasteiger partial charge on any atom is -0.482 e. The standard InChI is InChI=1S/C24H22N4O6S/c1-2-28(35(31,32)20-8-4-3-5-9-20)18-12-14-19(15-13-18)33-16-23(29)34-17-27-24(30)21-10-6-7-11-22(21)25-26-27/h3-15H,2,16-17H2,1H3. The van der Waals surface area contributed by atoms with Crippen molar-refractivity contribution in [1.82, 2.24) is 15.0 Å². The van der Waals surface area contributed by atoms with Crippen molar-refractivity contribution in [2.45, 2.75) is 18.6 Å². The fraction of sp³-hybridized carbons (Fsp3) is 0.167. The van der Waals surface area contributed by atoms with Crippen molar-refractivity contribution < 1.29 is 22.7 Å². The molecule has 10 nitrogen and oxygen atoms in total. The van der Waals surface area contributed by atoms with Crippen molar-refractivity contribution in [3.63, 3.8) is 0 Å². The largest absolute Gasteiger partial charge is 0.482 e. The van der Waals surface area contributed by atoms with Gasteiger partial charge in [-0.3, -0.25) is 9.10 Å². The molecule has 0 aliphatic carbocycles. The maximum atomic E-state index is 12.9. The van der Waals surface area contributed by atoms with Gasteiger partial charge in [0.1, 0.15) is 11.3 Å². The summed E-state index contributed by atoms with van der Waals surface area (Å²) in [5.74, 6) is -0.362. The number of carbonyl (C=O) groups is 1. The van der Waals surface area contributed by atoms with E-state index in [-0.39, 0.29) is 11.4 Å². The highest BCUT2D eigenvalue weighted by molar-refractivity contribution is 7.92. The number of fused-ring (bicyclic) bond motifs is 1. The van der Waals surface area contributed by atoms with Crippen LogP contribution in [0.1, 0.15) is 6.92 Å². The molecule has 0 amide bonds. The molecule has 3 aromatic carbocycles. The van der Waals surface area contributed by atoms with Crippen LogP contribution in [0.2, 0.25) is 0 Å². The smallest absolute Gasteiger partial charge is 0.345 e. The molecular weight excluding hydrogens is 472 g/mol. The van der Waals surface area contributed by atoms with E-state index in [0.29, 0.717) is 22.3 Å². The third-order valence-corrected chi connectivity index (χ3v) is 6.99. The lowest BCUT2D eigenvalue weighted by atomic mass is 10.2. The molecule has 0 N–H and O–H groups in total. The Morgan fingerprint density at radius 2 is 1.66 bits per heavy atom. The zero-order valence-electron chi connectivity index (χ0n) is 18.8. The minimum atomic E-state index is -3.71. The Bertz CT molecular complexity index is 1490. The van der Waals surface area contributed by atoms with Crippen molar-refractivity contribution in [2.75, 3.05) is 17.5 Å². The monoisotopic (exact) mass is 494 g/mol. The van der Waals surface area contributed by atoms with Gasteiger partial charge in [-0.15, -0.1) is 5.10 Å². The second-order valence-corrected chi connectivity index (χ2v) is 9.18. The molecular formula is C24H22N4O6S. The number of sulfonamides is 1. The van der Waals surface area contributed by atoms with E-state index in [4.69, 9.17) is 9.47 Å². The number of hydrogen-bond donors (Lipinski definition) is 0. The first-order valence-corrected chi connectivity index (χ1v) is 12.1. The van der Waals surface area contributed by atoms with Gasteiger partial charge in [0.05, 0.1) is 16.0 Å². The summed E-state index contributed by atoms with van der Waals surface area (Å²) >= 11 is 0. The molecule has 35 heavy (non-hydrogen) atoms. The molecule has 0 bridgehead atoms. The molecule has 0 unspecified atom stereocenters. The van der Waals surface area contributed by atoms with Gasteiger partial charge in [-0.05, 0) is 55.5 Å². The molecule has 1 aromatic heterocycles. The van der Waals surface area contributed by atoms with E-state index in [2.05, 4.69) is 10.3 Å². The van der Waals surface area contributed by atoms with Crippen LogP contribution in [-0.4, -0.2) is 42.5 Å². The van der Waals surface area contributed by atoms with Crippen LogP contribution < -0.4 is 14.6 Å². The van der Waals surface area contributed by atoms with E-state index in [1.54, 1.807) is 85.8 Å². The fourth-order valence-electron chi connectivity index (χ4n) is 3.34. The van der Waals surface area contributed by atoms with Gasteiger partial charge in [0.25, 0.3) is 15.6 Å². The van der Waals surface area contributed by atoms with Gasteiger partial charge >= 0.3 is 5.97 Å². The molecule has 0 aliphatic heterocycles. The normalized spacial score (nSPS) is 11.2. The Balaban J connectivity index is 1.35. The van der Waals surface area contributed by atoms with Gasteiger partial charge in [0, 0.05) is 6.54 Å². The highest BCUT2D eigenvalue weighted by Crippen LogP contribution is 2.25. The lowest BCUT2D eigenvalue weighted by molar-refractivity contribution is -0.150. The number of hydrogen-bond acceptors (Lipinski definition) is 8. The molecule has 0 aliphatic rings. The van der Waals surface area contributed by atoms with Crippen LogP contribution in [0.3, 0.4) is 0 Å². The fourth-order valence-corrected chi connectivity index (χ4v) is 4.84. The number of rotatable bonds is 9. The summed E-state index contributed by atoms with van der Waals surface area (Å²) in [6.07, 6.45) is 0. The first kappa shape index (κ1) is 23.9. The van der Waals surface area contributed by atoms with E-state index in [9.17, 15) is 18.0 Å². The van der Waals surface area contributed by atoms with Crippen molar-refractivity contribution in [2.24, 2.45) is 0 Å². The zero-order valence-corrected chi connectivity index (χ0v) is 19.6. The molecule has 180 valence electrons. The number of ether oxygens (including phenoxy) is 2. The summed E-state index contributed by atoms with van der Waals surface area (Å²) in [7, 11) is -3.71. The van der Waals surface area contributed by atoms with Crippen LogP contribution in [0, 0.1) is 0 Å². The number of anilines is 1. The number of esters is 1. The first-order chi connectivity index (χ1) is 16.9. The molecule has 0 saturated carbocycles. The summed E-state index contributed by atoms with van der Waals surface area (Å²) < 4.78 is 38.6. The Hall–Kier alpha value is -4.25. The lowest BCUT2D eigenvalue weighted by Crippen LogP contribution is -2.30. The maximum absolute atomic E-state index is 12.9. The van der Waals surface area contributed by atoms with Crippen LogP contribution in [0.15, 0.2) is 88.6 Å². The molecule has 4 rings (SSSR count). The van der Waals surface area contributed by atoms with E-state index in [1.165, 1.54) is 4.31 Å². The van der Waals surface area contributed by atoms with Crippen molar-refractivity contribution >= 4 is 32.6 Å². The average Bonchev–Trinajstić information content (AvgIpc) is 2.89. The second-order valence-electron chi connectivity index (χ2n) is 7.32. The number of aromatic nitrogens is 3. The number of nitrogens with zero attached hydrogens (tertiary/aromatic N) is 4. The van der Waals surface area contributed by atoms with Crippen LogP contribution in [0.5, 0.6) is 5.75 Å². The van der Waals surface area contributed by atoms with Gasteiger partial charge < -0.3 is 9.47 Å². The van der Waals surface area contributed by atoms with Crippen molar-refractivity contribution in [1.29, 1.82) is 0 Å².